The van der Waals surface area contributed by atoms with Gasteiger partial charge >= 0.3 is 5.97 Å². The molecule has 3 heterocycles. The van der Waals surface area contributed by atoms with Crippen LogP contribution in [0, 0.1) is 0 Å². The van der Waals surface area contributed by atoms with Crippen LogP contribution in [-0.4, -0.2) is 65.9 Å². The number of nitrogens with zero attached hydrogens (tertiary/aromatic N) is 3. The van der Waals surface area contributed by atoms with Crippen LogP contribution in [0.5, 0.6) is 0 Å². The number of piperidine rings is 1. The summed E-state index contributed by atoms with van der Waals surface area (Å²) in [4.78, 5) is 55.3. The minimum atomic E-state index is -1.54. The van der Waals surface area contributed by atoms with Crippen molar-refractivity contribution in [3.63, 3.8) is 0 Å². The van der Waals surface area contributed by atoms with Crippen LogP contribution in [0.3, 0.4) is 0 Å². The number of likely N-dealkylation sites (N-methyl/N-ethyl adjacent to an activating group) is 1. The van der Waals surface area contributed by atoms with Gasteiger partial charge in [-0.2, -0.15) is 0 Å². The molecule has 0 spiro atoms. The van der Waals surface area contributed by atoms with Gasteiger partial charge in [0.15, 0.2) is 6.61 Å². The van der Waals surface area contributed by atoms with Gasteiger partial charge in [-0.1, -0.05) is 12.1 Å². The normalized spacial score (nSPS) is 24.1. The Labute approximate surface area is 163 Å². The van der Waals surface area contributed by atoms with Crippen LogP contribution >= 0.6 is 0 Å². The van der Waals surface area contributed by atoms with E-state index in [1.54, 1.807) is 29.2 Å². The molecule has 2 fully saturated rings. The van der Waals surface area contributed by atoms with E-state index in [2.05, 4.69) is 0 Å². The molecule has 0 aliphatic carbocycles. The van der Waals surface area contributed by atoms with Crippen LogP contribution in [0.4, 0.5) is 5.69 Å². The van der Waals surface area contributed by atoms with Crippen molar-refractivity contribution in [1.29, 1.82) is 0 Å². The fraction of sp³-hybridized carbons (Fsp3) is 0.500. The minimum Gasteiger partial charge on any atom is -0.452 e. The molecule has 0 aromatic heterocycles. The van der Waals surface area contributed by atoms with Crippen LogP contribution in [0.2, 0.25) is 0 Å². The Hall–Kier alpha value is -2.90. The highest BCUT2D eigenvalue weighted by Crippen LogP contribution is 2.44. The molecule has 3 amide bonds. The zero-order valence-corrected chi connectivity index (χ0v) is 15.8. The molecule has 8 heteroatoms. The largest absolute Gasteiger partial charge is 0.452 e. The lowest BCUT2D eigenvalue weighted by Gasteiger charge is -2.46. The van der Waals surface area contributed by atoms with Crippen molar-refractivity contribution in [3.05, 3.63) is 29.8 Å². The number of likely N-dealkylation sites (tertiary alicyclic amines) is 1. The molecule has 0 bridgehead atoms. The van der Waals surface area contributed by atoms with Crippen LogP contribution in [0.1, 0.15) is 42.5 Å². The summed E-state index contributed by atoms with van der Waals surface area (Å²) in [5.74, 6) is -1.58. The minimum absolute atomic E-state index is 0.126. The number of carbonyl (C=O) groups is 4. The fourth-order valence-electron chi connectivity index (χ4n) is 4.37. The SMILES string of the molecule is CN1C(=O)c2ccccc2N2C(=O)CC[C@]12C(=O)OCC(=O)N1CCCCC1. The summed E-state index contributed by atoms with van der Waals surface area (Å²) < 4.78 is 5.37. The van der Waals surface area contributed by atoms with Crippen molar-refractivity contribution in [2.75, 3.05) is 31.6 Å². The third kappa shape index (κ3) is 2.66. The smallest absolute Gasteiger partial charge is 0.354 e. The molecule has 4 rings (SSSR count). The summed E-state index contributed by atoms with van der Waals surface area (Å²) in [5, 5.41) is 0. The Morgan fingerprint density at radius 3 is 2.57 bits per heavy atom. The predicted octanol–water partition coefficient (Wildman–Crippen LogP) is 1.15. The highest BCUT2D eigenvalue weighted by molar-refractivity contribution is 6.15. The van der Waals surface area contributed by atoms with E-state index < -0.39 is 11.6 Å². The van der Waals surface area contributed by atoms with Crippen LogP contribution in [0.15, 0.2) is 24.3 Å². The van der Waals surface area contributed by atoms with Gasteiger partial charge in [-0.15, -0.1) is 0 Å². The molecule has 3 aliphatic rings. The van der Waals surface area contributed by atoms with E-state index in [0.29, 0.717) is 24.3 Å². The van der Waals surface area contributed by atoms with Gasteiger partial charge in [-0.25, -0.2) is 4.79 Å². The maximum Gasteiger partial charge on any atom is 0.354 e. The van der Waals surface area contributed by atoms with E-state index in [0.717, 1.165) is 19.3 Å². The Bertz CT molecular complexity index is 848. The first-order valence-electron chi connectivity index (χ1n) is 9.62. The maximum atomic E-state index is 13.1. The number of fused-ring (bicyclic) bond motifs is 3. The molecule has 1 aromatic carbocycles. The van der Waals surface area contributed by atoms with E-state index >= 15 is 0 Å². The molecule has 8 nitrogen and oxygen atoms in total. The van der Waals surface area contributed by atoms with Gasteiger partial charge in [0.2, 0.25) is 11.6 Å². The van der Waals surface area contributed by atoms with Gasteiger partial charge in [0.05, 0.1) is 11.3 Å². The average molecular weight is 385 g/mol. The summed E-state index contributed by atoms with van der Waals surface area (Å²) in [6.45, 7) is 0.947. The predicted molar refractivity (Wildman–Crippen MR) is 99.4 cm³/mol. The second-order valence-corrected chi connectivity index (χ2v) is 7.44. The average Bonchev–Trinajstić information content (AvgIpc) is 3.09. The first-order chi connectivity index (χ1) is 13.5. The molecule has 148 valence electrons. The van der Waals surface area contributed by atoms with Crippen molar-refractivity contribution in [2.24, 2.45) is 0 Å². The Balaban J connectivity index is 1.59. The maximum absolute atomic E-state index is 13.1. The number of anilines is 1. The van der Waals surface area contributed by atoms with E-state index in [4.69, 9.17) is 4.74 Å². The number of amides is 3. The Kier molecular flexibility index (Phi) is 4.56. The first-order valence-corrected chi connectivity index (χ1v) is 9.62. The molecule has 3 aliphatic heterocycles. The molecule has 0 N–H and O–H groups in total. The summed E-state index contributed by atoms with van der Waals surface area (Å²) >= 11 is 0. The van der Waals surface area contributed by atoms with Crippen molar-refractivity contribution < 1.29 is 23.9 Å². The zero-order chi connectivity index (χ0) is 19.9. The van der Waals surface area contributed by atoms with Crippen molar-refractivity contribution >= 4 is 29.4 Å². The number of hydrogen-bond acceptors (Lipinski definition) is 5. The van der Waals surface area contributed by atoms with Crippen LogP contribution < -0.4 is 4.90 Å². The molecular formula is C20H23N3O5. The second-order valence-electron chi connectivity index (χ2n) is 7.44. The van der Waals surface area contributed by atoms with Crippen LogP contribution in [0.25, 0.3) is 0 Å². The lowest BCUT2D eigenvalue weighted by atomic mass is 9.97. The Morgan fingerprint density at radius 2 is 1.82 bits per heavy atom. The van der Waals surface area contributed by atoms with E-state index in [9.17, 15) is 19.2 Å². The molecular weight excluding hydrogens is 362 g/mol. The molecule has 0 saturated carbocycles. The number of ether oxygens (including phenoxy) is 1. The highest BCUT2D eigenvalue weighted by Gasteiger charge is 2.60. The third-order valence-corrected chi connectivity index (χ3v) is 5.90. The molecule has 0 radical (unpaired) electrons. The quantitative estimate of drug-likeness (QED) is 0.729. The van der Waals surface area contributed by atoms with E-state index in [1.165, 1.54) is 16.8 Å². The van der Waals surface area contributed by atoms with Gasteiger partial charge in [0.25, 0.3) is 11.8 Å². The Morgan fingerprint density at radius 1 is 1.11 bits per heavy atom. The standard InChI is InChI=1S/C20H23N3O5/c1-21-18(26)14-7-3-4-8-15(14)23-16(24)9-10-20(21,23)19(27)28-13-17(25)22-11-5-2-6-12-22/h3-4,7-8H,2,5-6,9-13H2,1H3/t20-/m0/s1. The van der Waals surface area contributed by atoms with Crippen LogP contribution in [-0.2, 0) is 19.1 Å². The lowest BCUT2D eigenvalue weighted by Crippen LogP contribution is -2.67. The second kappa shape index (κ2) is 6.92. The fourth-order valence-corrected chi connectivity index (χ4v) is 4.37. The van der Waals surface area contributed by atoms with Crippen molar-refractivity contribution in [1.82, 2.24) is 9.80 Å². The van der Waals surface area contributed by atoms with Gasteiger partial charge < -0.3 is 14.5 Å². The molecule has 2 saturated heterocycles. The van der Waals surface area contributed by atoms with E-state index in [1.807, 2.05) is 0 Å². The zero-order valence-electron chi connectivity index (χ0n) is 15.8. The van der Waals surface area contributed by atoms with Crippen molar-refractivity contribution in [2.45, 2.75) is 37.8 Å². The van der Waals surface area contributed by atoms with Gasteiger partial charge in [0, 0.05) is 33.0 Å². The van der Waals surface area contributed by atoms with Gasteiger partial charge in [-0.05, 0) is 31.4 Å². The summed E-state index contributed by atoms with van der Waals surface area (Å²) in [6, 6.07) is 6.73. The number of esters is 1. The summed E-state index contributed by atoms with van der Waals surface area (Å²) in [5.41, 5.74) is -0.759. The number of rotatable bonds is 3. The first kappa shape index (κ1) is 18.5. The topological polar surface area (TPSA) is 87.2 Å². The summed E-state index contributed by atoms with van der Waals surface area (Å²) in [6.07, 6.45) is 3.25. The molecule has 1 aromatic rings. The molecule has 0 unspecified atom stereocenters. The third-order valence-electron chi connectivity index (χ3n) is 5.90. The lowest BCUT2D eigenvalue weighted by molar-refractivity contribution is -0.161. The number of para-hydroxylation sites is 1. The number of benzene rings is 1. The monoisotopic (exact) mass is 385 g/mol. The van der Waals surface area contributed by atoms with Gasteiger partial charge in [-0.3, -0.25) is 19.3 Å². The van der Waals surface area contributed by atoms with Gasteiger partial charge in [0.1, 0.15) is 0 Å². The molecule has 28 heavy (non-hydrogen) atoms. The number of carbonyl (C=O) groups excluding carboxylic acids is 4. The van der Waals surface area contributed by atoms with Crippen molar-refractivity contribution in [3.8, 4) is 0 Å². The molecule has 1 atom stereocenters. The van der Waals surface area contributed by atoms with E-state index in [-0.39, 0.29) is 37.2 Å². The highest BCUT2D eigenvalue weighted by atomic mass is 16.5. The summed E-state index contributed by atoms with van der Waals surface area (Å²) in [7, 11) is 1.50. The number of hydrogen-bond donors (Lipinski definition) is 0.